The molecule has 0 saturated carbocycles. The minimum atomic E-state index is -4.36. The van der Waals surface area contributed by atoms with Crippen LogP contribution in [0.3, 0.4) is 0 Å². The molecule has 0 bridgehead atoms. The zero-order valence-corrected chi connectivity index (χ0v) is 13.5. The first-order valence-electron chi connectivity index (χ1n) is 7.37. The zero-order valence-electron chi connectivity index (χ0n) is 13.5. The highest BCUT2D eigenvalue weighted by molar-refractivity contribution is 5.68. The smallest absolute Gasteiger partial charge is 0.416 e. The summed E-state index contributed by atoms with van der Waals surface area (Å²) in [7, 11) is 0. The lowest BCUT2D eigenvalue weighted by molar-refractivity contribution is -0.137. The maximum absolute atomic E-state index is 12.5. The quantitative estimate of drug-likeness (QED) is 0.867. The number of alkyl carbamates (subject to hydrolysis) is 1. The predicted molar refractivity (Wildman–Crippen MR) is 82.0 cm³/mol. The number of hydrogen-bond acceptors (Lipinski definition) is 3. The van der Waals surface area contributed by atoms with Gasteiger partial charge in [0.05, 0.1) is 5.56 Å². The van der Waals surface area contributed by atoms with Crippen molar-refractivity contribution in [2.75, 3.05) is 6.54 Å². The molecule has 1 rings (SSSR count). The maximum Gasteiger partial charge on any atom is 0.416 e. The molecule has 1 aromatic carbocycles. The fourth-order valence-corrected chi connectivity index (χ4v) is 2.01. The SMILES string of the molecule is CC(C)(C)OC(=O)N[C@H](CCN)Cc1ccc(C(F)(F)F)cc1. The average molecular weight is 332 g/mol. The lowest BCUT2D eigenvalue weighted by Gasteiger charge is -2.23. The summed E-state index contributed by atoms with van der Waals surface area (Å²) in [6.45, 7) is 5.60. The van der Waals surface area contributed by atoms with Gasteiger partial charge in [-0.15, -0.1) is 0 Å². The van der Waals surface area contributed by atoms with Gasteiger partial charge in [0, 0.05) is 6.04 Å². The van der Waals surface area contributed by atoms with E-state index in [9.17, 15) is 18.0 Å². The molecule has 0 radical (unpaired) electrons. The molecule has 0 heterocycles. The van der Waals surface area contributed by atoms with Crippen LogP contribution in [0.5, 0.6) is 0 Å². The number of hydrogen-bond donors (Lipinski definition) is 2. The molecule has 23 heavy (non-hydrogen) atoms. The Bertz CT molecular complexity index is 508. The predicted octanol–water partition coefficient (Wildman–Crippen LogP) is 3.49. The van der Waals surface area contributed by atoms with E-state index >= 15 is 0 Å². The molecule has 7 heteroatoms. The van der Waals surface area contributed by atoms with E-state index in [-0.39, 0.29) is 6.04 Å². The summed E-state index contributed by atoms with van der Waals surface area (Å²) in [5.41, 5.74) is 4.90. The number of halogens is 3. The van der Waals surface area contributed by atoms with Crippen LogP contribution >= 0.6 is 0 Å². The molecule has 0 spiro atoms. The number of ether oxygens (including phenoxy) is 1. The second-order valence-electron chi connectivity index (χ2n) is 6.32. The van der Waals surface area contributed by atoms with Crippen molar-refractivity contribution in [3.63, 3.8) is 0 Å². The van der Waals surface area contributed by atoms with Gasteiger partial charge >= 0.3 is 12.3 Å². The molecule has 1 atom stereocenters. The molecule has 0 aromatic heterocycles. The Morgan fingerprint density at radius 1 is 1.22 bits per heavy atom. The third-order valence-corrected chi connectivity index (χ3v) is 3.00. The van der Waals surface area contributed by atoms with E-state index in [1.807, 2.05) is 0 Å². The summed E-state index contributed by atoms with van der Waals surface area (Å²) < 4.78 is 42.8. The average Bonchev–Trinajstić information content (AvgIpc) is 2.36. The van der Waals surface area contributed by atoms with Crippen LogP contribution in [0.15, 0.2) is 24.3 Å². The van der Waals surface area contributed by atoms with Crippen molar-refractivity contribution in [3.05, 3.63) is 35.4 Å². The van der Waals surface area contributed by atoms with Crippen LogP contribution in [-0.4, -0.2) is 24.3 Å². The number of rotatable bonds is 5. The number of alkyl halides is 3. The minimum absolute atomic E-state index is 0.299. The number of nitrogens with one attached hydrogen (secondary N) is 1. The van der Waals surface area contributed by atoms with E-state index in [1.54, 1.807) is 20.8 Å². The first-order valence-corrected chi connectivity index (χ1v) is 7.37. The van der Waals surface area contributed by atoms with Crippen molar-refractivity contribution < 1.29 is 22.7 Å². The number of carbonyl (C=O) groups excluding carboxylic acids is 1. The highest BCUT2D eigenvalue weighted by atomic mass is 19.4. The van der Waals surface area contributed by atoms with Gasteiger partial charge in [-0.2, -0.15) is 13.2 Å². The van der Waals surface area contributed by atoms with Gasteiger partial charge in [0.2, 0.25) is 0 Å². The van der Waals surface area contributed by atoms with E-state index in [4.69, 9.17) is 10.5 Å². The normalized spacial score (nSPS) is 13.5. The molecule has 0 aliphatic carbocycles. The Labute approximate surface area is 134 Å². The van der Waals surface area contributed by atoms with E-state index in [2.05, 4.69) is 5.32 Å². The first-order chi connectivity index (χ1) is 10.5. The Hall–Kier alpha value is -1.76. The number of nitrogens with two attached hydrogens (primary N) is 1. The summed E-state index contributed by atoms with van der Waals surface area (Å²) in [4.78, 5) is 11.8. The summed E-state index contributed by atoms with van der Waals surface area (Å²) in [6.07, 6.45) is -4.04. The van der Waals surface area contributed by atoms with Crippen molar-refractivity contribution >= 4 is 6.09 Å². The van der Waals surface area contributed by atoms with E-state index in [1.165, 1.54) is 12.1 Å². The Kier molecular flexibility index (Phi) is 6.44. The van der Waals surface area contributed by atoms with Gasteiger partial charge in [0.1, 0.15) is 5.60 Å². The van der Waals surface area contributed by atoms with E-state index in [0.717, 1.165) is 12.1 Å². The second-order valence-corrected chi connectivity index (χ2v) is 6.32. The van der Waals surface area contributed by atoms with E-state index < -0.39 is 23.4 Å². The number of benzene rings is 1. The van der Waals surface area contributed by atoms with Gasteiger partial charge in [0.25, 0.3) is 0 Å². The molecule has 0 saturated heterocycles. The van der Waals surface area contributed by atoms with Crippen molar-refractivity contribution in [2.24, 2.45) is 5.73 Å². The van der Waals surface area contributed by atoms with Gasteiger partial charge in [-0.25, -0.2) is 4.79 Å². The molecule has 3 N–H and O–H groups in total. The molecule has 0 aliphatic heterocycles. The largest absolute Gasteiger partial charge is 0.444 e. The lowest BCUT2D eigenvalue weighted by Crippen LogP contribution is -2.41. The second kappa shape index (κ2) is 7.68. The lowest BCUT2D eigenvalue weighted by atomic mass is 10.0. The Morgan fingerprint density at radius 3 is 2.22 bits per heavy atom. The highest BCUT2D eigenvalue weighted by Crippen LogP contribution is 2.29. The third kappa shape index (κ3) is 7.36. The van der Waals surface area contributed by atoms with Crippen molar-refractivity contribution in [2.45, 2.75) is 51.4 Å². The molecular formula is C16H23F3N2O2. The van der Waals surface area contributed by atoms with Crippen LogP contribution in [-0.2, 0) is 17.3 Å². The van der Waals surface area contributed by atoms with Crippen LogP contribution in [0.2, 0.25) is 0 Å². The topological polar surface area (TPSA) is 64.3 Å². The molecule has 0 fully saturated rings. The Morgan fingerprint density at radius 2 is 1.78 bits per heavy atom. The van der Waals surface area contributed by atoms with Crippen molar-refractivity contribution in [1.29, 1.82) is 0 Å². The van der Waals surface area contributed by atoms with Crippen molar-refractivity contribution in [1.82, 2.24) is 5.32 Å². The molecule has 0 unspecified atom stereocenters. The zero-order chi connectivity index (χ0) is 17.7. The Balaban J connectivity index is 2.70. The van der Waals surface area contributed by atoms with Gasteiger partial charge in [-0.3, -0.25) is 0 Å². The highest BCUT2D eigenvalue weighted by Gasteiger charge is 2.30. The molecule has 1 amide bonds. The van der Waals surface area contributed by atoms with Gasteiger partial charge in [-0.1, -0.05) is 12.1 Å². The fraction of sp³-hybridized carbons (Fsp3) is 0.562. The summed E-state index contributed by atoms with van der Waals surface area (Å²) >= 11 is 0. The van der Waals surface area contributed by atoms with Crippen LogP contribution in [0, 0.1) is 0 Å². The maximum atomic E-state index is 12.5. The molecule has 0 aliphatic rings. The van der Waals surface area contributed by atoms with Gasteiger partial charge in [-0.05, 0) is 57.9 Å². The van der Waals surface area contributed by atoms with Crippen LogP contribution < -0.4 is 11.1 Å². The molecule has 1 aromatic rings. The van der Waals surface area contributed by atoms with Crippen LogP contribution in [0.25, 0.3) is 0 Å². The monoisotopic (exact) mass is 332 g/mol. The van der Waals surface area contributed by atoms with Gasteiger partial charge in [0.15, 0.2) is 0 Å². The standard InChI is InChI=1S/C16H23F3N2O2/c1-15(2,3)23-14(22)21-13(8-9-20)10-11-4-6-12(7-5-11)16(17,18)19/h4-7,13H,8-10,20H2,1-3H3,(H,21,22)/t13-/m1/s1. The van der Waals surface area contributed by atoms with Gasteiger partial charge < -0.3 is 15.8 Å². The molecule has 130 valence electrons. The summed E-state index contributed by atoms with van der Waals surface area (Å²) in [5, 5.41) is 2.70. The van der Waals surface area contributed by atoms with E-state index in [0.29, 0.717) is 24.9 Å². The minimum Gasteiger partial charge on any atom is -0.444 e. The summed E-state index contributed by atoms with van der Waals surface area (Å²) in [5.74, 6) is 0. The van der Waals surface area contributed by atoms with Crippen LogP contribution in [0.4, 0.5) is 18.0 Å². The third-order valence-electron chi connectivity index (χ3n) is 3.00. The summed E-state index contributed by atoms with van der Waals surface area (Å²) in [6, 6.07) is 4.57. The number of carbonyl (C=O) groups is 1. The van der Waals surface area contributed by atoms with Crippen molar-refractivity contribution in [3.8, 4) is 0 Å². The van der Waals surface area contributed by atoms with Crippen LogP contribution in [0.1, 0.15) is 38.3 Å². The fourth-order valence-electron chi connectivity index (χ4n) is 2.01. The number of amides is 1. The molecule has 4 nitrogen and oxygen atoms in total. The first kappa shape index (κ1) is 19.3. The molecular weight excluding hydrogens is 309 g/mol.